The topological polar surface area (TPSA) is 66.5 Å². The molecule has 0 aliphatic heterocycles. The lowest BCUT2D eigenvalue weighted by molar-refractivity contribution is -0.135. The van der Waals surface area contributed by atoms with Gasteiger partial charge in [-0.15, -0.1) is 0 Å². The zero-order valence-electron chi connectivity index (χ0n) is 14.8. The molecule has 0 bridgehead atoms. The quantitative estimate of drug-likeness (QED) is 0.749. The monoisotopic (exact) mass is 320 g/mol. The van der Waals surface area contributed by atoms with Crippen LogP contribution in [0.1, 0.15) is 50.3 Å². The molecule has 0 aliphatic rings. The molecule has 1 rings (SSSR count). The van der Waals surface area contributed by atoms with Crippen LogP contribution in [0.3, 0.4) is 0 Å². The standard InChI is InChI=1S/C16H22N2O3.C2H6/c1-4-6-15(16(21)17-10-19)18(11-20)9-14-8-5-7-12(2)13(14)3;1-2/h5,7-8,10-11,15H,4,6,9H2,1-3H3,(H,17,19,21);1-2H3. The molecule has 0 saturated heterocycles. The Morgan fingerprint density at radius 1 is 1.26 bits per heavy atom. The van der Waals surface area contributed by atoms with Crippen molar-refractivity contribution in [2.24, 2.45) is 0 Å². The fraction of sp³-hybridized carbons (Fsp3) is 0.500. The van der Waals surface area contributed by atoms with Gasteiger partial charge in [0.1, 0.15) is 6.04 Å². The number of amides is 3. The van der Waals surface area contributed by atoms with Gasteiger partial charge in [-0.2, -0.15) is 0 Å². The molecule has 1 aromatic carbocycles. The van der Waals surface area contributed by atoms with Crippen LogP contribution in [-0.4, -0.2) is 29.7 Å². The van der Waals surface area contributed by atoms with Crippen LogP contribution in [0.25, 0.3) is 0 Å². The van der Waals surface area contributed by atoms with Gasteiger partial charge >= 0.3 is 0 Å². The third kappa shape index (κ3) is 6.22. The molecule has 0 fully saturated rings. The lowest BCUT2D eigenvalue weighted by Crippen LogP contribution is -2.45. The molecule has 1 N–H and O–H groups in total. The normalized spacial score (nSPS) is 10.8. The molecule has 0 spiro atoms. The van der Waals surface area contributed by atoms with Gasteiger partial charge in [0.2, 0.25) is 18.7 Å². The van der Waals surface area contributed by atoms with Crippen molar-refractivity contribution < 1.29 is 14.4 Å². The van der Waals surface area contributed by atoms with E-state index in [2.05, 4.69) is 5.32 Å². The number of carbonyl (C=O) groups excluding carboxylic acids is 3. The molecule has 3 amide bonds. The van der Waals surface area contributed by atoms with Gasteiger partial charge in [0, 0.05) is 6.54 Å². The molecule has 128 valence electrons. The number of hydrogen-bond donors (Lipinski definition) is 1. The van der Waals surface area contributed by atoms with Crippen LogP contribution in [0, 0.1) is 13.8 Å². The number of benzene rings is 1. The SMILES string of the molecule is CC.CCCC(C(=O)NC=O)N(C=O)Cc1cccc(C)c1C. The lowest BCUT2D eigenvalue weighted by atomic mass is 10.0. The Kier molecular flexibility index (Phi) is 10.3. The summed E-state index contributed by atoms with van der Waals surface area (Å²) in [6.45, 7) is 10.3. The zero-order chi connectivity index (χ0) is 17.8. The summed E-state index contributed by atoms with van der Waals surface area (Å²) < 4.78 is 0. The number of carbonyl (C=O) groups is 3. The molecule has 0 aliphatic carbocycles. The number of nitrogens with one attached hydrogen (secondary N) is 1. The van der Waals surface area contributed by atoms with Gasteiger partial charge in [-0.3, -0.25) is 19.7 Å². The molecule has 0 radical (unpaired) electrons. The number of nitrogens with zero attached hydrogens (tertiary/aromatic N) is 1. The van der Waals surface area contributed by atoms with Crippen LogP contribution < -0.4 is 5.32 Å². The van der Waals surface area contributed by atoms with Crippen LogP contribution in [0.2, 0.25) is 0 Å². The summed E-state index contributed by atoms with van der Waals surface area (Å²) in [5.74, 6) is -0.441. The molecule has 0 heterocycles. The third-order valence-corrected chi connectivity index (χ3v) is 3.67. The van der Waals surface area contributed by atoms with Crippen LogP contribution in [0.4, 0.5) is 0 Å². The Balaban J connectivity index is 0.00000232. The summed E-state index contributed by atoms with van der Waals surface area (Å²) in [5, 5.41) is 2.14. The van der Waals surface area contributed by atoms with Gasteiger partial charge in [-0.25, -0.2) is 0 Å². The predicted molar refractivity (Wildman–Crippen MR) is 91.8 cm³/mol. The summed E-state index contributed by atoms with van der Waals surface area (Å²) in [7, 11) is 0. The summed E-state index contributed by atoms with van der Waals surface area (Å²) in [4.78, 5) is 35.2. The smallest absolute Gasteiger partial charge is 0.249 e. The highest BCUT2D eigenvalue weighted by Crippen LogP contribution is 2.17. The van der Waals surface area contributed by atoms with E-state index in [9.17, 15) is 14.4 Å². The molecule has 0 saturated carbocycles. The van der Waals surface area contributed by atoms with E-state index in [4.69, 9.17) is 0 Å². The Morgan fingerprint density at radius 3 is 2.43 bits per heavy atom. The maximum atomic E-state index is 11.9. The van der Waals surface area contributed by atoms with E-state index in [1.54, 1.807) is 0 Å². The number of rotatable bonds is 8. The molecular weight excluding hydrogens is 292 g/mol. The summed E-state index contributed by atoms with van der Waals surface area (Å²) in [5.41, 5.74) is 3.25. The van der Waals surface area contributed by atoms with Crippen molar-refractivity contribution in [1.82, 2.24) is 10.2 Å². The highest BCUT2D eigenvalue weighted by Gasteiger charge is 2.24. The van der Waals surface area contributed by atoms with Crippen molar-refractivity contribution in [3.05, 3.63) is 34.9 Å². The van der Waals surface area contributed by atoms with E-state index in [-0.39, 0.29) is 0 Å². The van der Waals surface area contributed by atoms with E-state index in [1.807, 2.05) is 52.8 Å². The summed E-state index contributed by atoms with van der Waals surface area (Å²) in [6.07, 6.45) is 2.29. The Bertz CT molecular complexity index is 515. The molecule has 0 aromatic heterocycles. The highest BCUT2D eigenvalue weighted by atomic mass is 16.2. The molecule has 5 nitrogen and oxygen atoms in total. The molecular formula is C18H28N2O3. The van der Waals surface area contributed by atoms with E-state index in [1.165, 1.54) is 4.90 Å². The van der Waals surface area contributed by atoms with Crippen molar-refractivity contribution in [2.75, 3.05) is 0 Å². The minimum atomic E-state index is -0.627. The summed E-state index contributed by atoms with van der Waals surface area (Å²) >= 11 is 0. The van der Waals surface area contributed by atoms with E-state index in [0.717, 1.165) is 23.1 Å². The van der Waals surface area contributed by atoms with Crippen LogP contribution in [0.15, 0.2) is 18.2 Å². The lowest BCUT2D eigenvalue weighted by Gasteiger charge is -2.27. The van der Waals surface area contributed by atoms with Crippen LogP contribution >= 0.6 is 0 Å². The predicted octanol–water partition coefficient (Wildman–Crippen LogP) is 2.73. The first-order valence-electron chi connectivity index (χ1n) is 8.05. The molecule has 5 heteroatoms. The van der Waals surface area contributed by atoms with Gasteiger partial charge in [0.25, 0.3) is 0 Å². The second-order valence-corrected chi connectivity index (χ2v) is 5.07. The average Bonchev–Trinajstić information content (AvgIpc) is 2.56. The van der Waals surface area contributed by atoms with E-state index in [0.29, 0.717) is 25.8 Å². The first-order chi connectivity index (χ1) is 11.0. The molecule has 1 aromatic rings. The maximum absolute atomic E-state index is 11.9. The van der Waals surface area contributed by atoms with Crippen molar-refractivity contribution in [1.29, 1.82) is 0 Å². The van der Waals surface area contributed by atoms with Crippen molar-refractivity contribution >= 4 is 18.7 Å². The average molecular weight is 320 g/mol. The Morgan fingerprint density at radius 2 is 1.91 bits per heavy atom. The Labute approximate surface area is 139 Å². The van der Waals surface area contributed by atoms with Gasteiger partial charge in [-0.1, -0.05) is 45.4 Å². The summed E-state index contributed by atoms with van der Waals surface area (Å²) in [6, 6.07) is 5.25. The third-order valence-electron chi connectivity index (χ3n) is 3.67. The first-order valence-corrected chi connectivity index (χ1v) is 8.05. The molecule has 1 atom stereocenters. The largest absolute Gasteiger partial charge is 0.329 e. The van der Waals surface area contributed by atoms with E-state index < -0.39 is 11.9 Å². The second kappa shape index (κ2) is 11.4. The van der Waals surface area contributed by atoms with Gasteiger partial charge in [-0.05, 0) is 37.0 Å². The fourth-order valence-electron chi connectivity index (χ4n) is 2.28. The molecule has 23 heavy (non-hydrogen) atoms. The zero-order valence-corrected chi connectivity index (χ0v) is 14.8. The number of imide groups is 1. The minimum absolute atomic E-state index is 0.353. The number of hydrogen-bond acceptors (Lipinski definition) is 3. The second-order valence-electron chi connectivity index (χ2n) is 5.07. The highest BCUT2D eigenvalue weighted by molar-refractivity contribution is 5.91. The molecule has 1 unspecified atom stereocenters. The van der Waals surface area contributed by atoms with Crippen molar-refractivity contribution in [3.8, 4) is 0 Å². The van der Waals surface area contributed by atoms with Crippen molar-refractivity contribution in [2.45, 2.75) is 60.0 Å². The van der Waals surface area contributed by atoms with Crippen molar-refractivity contribution in [3.63, 3.8) is 0 Å². The fourth-order valence-corrected chi connectivity index (χ4v) is 2.28. The van der Waals surface area contributed by atoms with Crippen LogP contribution in [-0.2, 0) is 20.9 Å². The minimum Gasteiger partial charge on any atom is -0.329 e. The van der Waals surface area contributed by atoms with Gasteiger partial charge in [0.05, 0.1) is 0 Å². The van der Waals surface area contributed by atoms with Gasteiger partial charge in [0.15, 0.2) is 0 Å². The van der Waals surface area contributed by atoms with Gasteiger partial charge < -0.3 is 4.90 Å². The number of aryl methyl sites for hydroxylation is 1. The first kappa shape index (κ1) is 20.8. The van der Waals surface area contributed by atoms with E-state index >= 15 is 0 Å². The maximum Gasteiger partial charge on any atom is 0.249 e. The Hall–Kier alpha value is -2.17. The van der Waals surface area contributed by atoms with Crippen LogP contribution in [0.5, 0.6) is 0 Å².